The maximum Gasteiger partial charge on any atom is 0.159 e. The zero-order valence-electron chi connectivity index (χ0n) is 12.6. The van der Waals surface area contributed by atoms with Crippen LogP contribution in [0.25, 0.3) is 0 Å². The Balaban J connectivity index is 2.32. The summed E-state index contributed by atoms with van der Waals surface area (Å²) in [4.78, 5) is 9.52. The molecule has 0 bridgehead atoms. The molecule has 112 valence electrons. The molecule has 5 heteroatoms. The van der Waals surface area contributed by atoms with Crippen LogP contribution in [0.2, 0.25) is 0 Å². The summed E-state index contributed by atoms with van der Waals surface area (Å²) in [7, 11) is 1.75. The van der Waals surface area contributed by atoms with Crippen molar-refractivity contribution in [1.82, 2.24) is 9.97 Å². The standard InChI is InChI=1S/C15H24IN3O/c1-4-6-11(20-3)14-18-13(10-7-8-10)12(16)15(19-14)17-9-5-2/h10-11H,4-9H2,1-3H3,(H,17,18,19). The second kappa shape index (κ2) is 7.54. The van der Waals surface area contributed by atoms with Crippen molar-refractivity contribution in [2.45, 2.75) is 58.0 Å². The van der Waals surface area contributed by atoms with Gasteiger partial charge in [-0.05, 0) is 48.3 Å². The predicted octanol–water partition coefficient (Wildman–Crippen LogP) is 4.27. The van der Waals surface area contributed by atoms with Gasteiger partial charge in [0.25, 0.3) is 0 Å². The van der Waals surface area contributed by atoms with Gasteiger partial charge in [-0.2, -0.15) is 0 Å². The number of hydrogen-bond acceptors (Lipinski definition) is 4. The molecule has 4 nitrogen and oxygen atoms in total. The SMILES string of the molecule is CCCNc1nc(C(CCC)OC)nc(C2CC2)c1I. The summed E-state index contributed by atoms with van der Waals surface area (Å²) in [5.74, 6) is 2.46. The highest BCUT2D eigenvalue weighted by Gasteiger charge is 2.30. The number of anilines is 1. The van der Waals surface area contributed by atoms with Gasteiger partial charge in [0.15, 0.2) is 5.82 Å². The van der Waals surface area contributed by atoms with E-state index in [-0.39, 0.29) is 6.10 Å². The van der Waals surface area contributed by atoms with Crippen LogP contribution in [0.5, 0.6) is 0 Å². The molecule has 20 heavy (non-hydrogen) atoms. The minimum atomic E-state index is 0.0108. The monoisotopic (exact) mass is 389 g/mol. The van der Waals surface area contributed by atoms with Crippen molar-refractivity contribution in [2.24, 2.45) is 0 Å². The van der Waals surface area contributed by atoms with E-state index in [1.165, 1.54) is 22.1 Å². The van der Waals surface area contributed by atoms with E-state index in [0.717, 1.165) is 37.4 Å². The van der Waals surface area contributed by atoms with Gasteiger partial charge in [-0.25, -0.2) is 9.97 Å². The number of methoxy groups -OCH3 is 1. The van der Waals surface area contributed by atoms with E-state index in [2.05, 4.69) is 41.8 Å². The van der Waals surface area contributed by atoms with Crippen molar-refractivity contribution >= 4 is 28.4 Å². The highest BCUT2D eigenvalue weighted by Crippen LogP contribution is 2.42. The van der Waals surface area contributed by atoms with Crippen LogP contribution >= 0.6 is 22.6 Å². The van der Waals surface area contributed by atoms with E-state index < -0.39 is 0 Å². The lowest BCUT2D eigenvalue weighted by molar-refractivity contribution is 0.0875. The molecule has 1 aromatic rings. The number of nitrogens with zero attached hydrogens (tertiary/aromatic N) is 2. The van der Waals surface area contributed by atoms with Crippen molar-refractivity contribution in [3.8, 4) is 0 Å². The van der Waals surface area contributed by atoms with Crippen molar-refractivity contribution in [2.75, 3.05) is 19.0 Å². The lowest BCUT2D eigenvalue weighted by Gasteiger charge is -2.17. The van der Waals surface area contributed by atoms with Gasteiger partial charge in [0.05, 0.1) is 9.26 Å². The molecule has 1 aliphatic rings. The molecule has 1 aliphatic carbocycles. The van der Waals surface area contributed by atoms with Gasteiger partial charge in [-0.1, -0.05) is 20.3 Å². The lowest BCUT2D eigenvalue weighted by Crippen LogP contribution is -2.14. The average Bonchev–Trinajstić information content (AvgIpc) is 3.28. The molecular formula is C15H24IN3O. The molecule has 0 aliphatic heterocycles. The molecule has 0 radical (unpaired) electrons. The predicted molar refractivity (Wildman–Crippen MR) is 90.2 cm³/mol. The van der Waals surface area contributed by atoms with Crippen molar-refractivity contribution in [3.05, 3.63) is 15.1 Å². The van der Waals surface area contributed by atoms with E-state index in [0.29, 0.717) is 5.92 Å². The first-order valence-electron chi connectivity index (χ1n) is 7.55. The van der Waals surface area contributed by atoms with Gasteiger partial charge in [-0.15, -0.1) is 0 Å². The fraction of sp³-hybridized carbons (Fsp3) is 0.733. The number of ether oxygens (including phenoxy) is 1. The summed E-state index contributed by atoms with van der Waals surface area (Å²) in [6, 6.07) is 0. The fourth-order valence-electron chi connectivity index (χ4n) is 2.23. The fourth-order valence-corrected chi connectivity index (χ4v) is 3.10. The third-order valence-corrected chi connectivity index (χ3v) is 4.59. The average molecular weight is 389 g/mol. The van der Waals surface area contributed by atoms with Crippen LogP contribution in [-0.2, 0) is 4.74 Å². The molecule has 0 spiro atoms. The number of halogens is 1. The Morgan fingerprint density at radius 3 is 2.60 bits per heavy atom. The highest BCUT2D eigenvalue weighted by molar-refractivity contribution is 14.1. The third-order valence-electron chi connectivity index (χ3n) is 3.52. The van der Waals surface area contributed by atoms with Crippen LogP contribution in [0.1, 0.15) is 69.5 Å². The van der Waals surface area contributed by atoms with E-state index in [9.17, 15) is 0 Å². The number of hydrogen-bond donors (Lipinski definition) is 1. The Morgan fingerprint density at radius 2 is 2.05 bits per heavy atom. The van der Waals surface area contributed by atoms with Gasteiger partial charge >= 0.3 is 0 Å². The summed E-state index contributed by atoms with van der Waals surface area (Å²) in [5, 5.41) is 3.43. The maximum atomic E-state index is 5.58. The molecule has 1 unspecified atom stereocenters. The van der Waals surface area contributed by atoms with Gasteiger partial charge in [0, 0.05) is 19.6 Å². The van der Waals surface area contributed by atoms with Crippen molar-refractivity contribution < 1.29 is 4.74 Å². The molecular weight excluding hydrogens is 365 g/mol. The zero-order valence-corrected chi connectivity index (χ0v) is 14.7. The quantitative estimate of drug-likeness (QED) is 0.675. The van der Waals surface area contributed by atoms with Crippen LogP contribution in [0.3, 0.4) is 0 Å². The molecule has 1 fully saturated rings. The molecule has 1 heterocycles. The number of nitrogens with one attached hydrogen (secondary N) is 1. The number of rotatable bonds is 8. The van der Waals surface area contributed by atoms with Gasteiger partial charge in [0.2, 0.25) is 0 Å². The lowest BCUT2D eigenvalue weighted by atomic mass is 10.2. The summed E-state index contributed by atoms with van der Waals surface area (Å²) < 4.78 is 6.76. The first-order chi connectivity index (χ1) is 9.71. The first-order valence-corrected chi connectivity index (χ1v) is 8.63. The first kappa shape index (κ1) is 15.9. The molecule has 1 saturated carbocycles. The largest absolute Gasteiger partial charge is 0.373 e. The third kappa shape index (κ3) is 3.81. The Kier molecular flexibility index (Phi) is 6.01. The Labute approximate surface area is 135 Å². The molecule has 1 aromatic heterocycles. The van der Waals surface area contributed by atoms with Crippen molar-refractivity contribution in [3.63, 3.8) is 0 Å². The highest BCUT2D eigenvalue weighted by atomic mass is 127. The Bertz CT molecular complexity index is 449. The second-order valence-electron chi connectivity index (χ2n) is 5.34. The molecule has 1 N–H and O–H groups in total. The van der Waals surface area contributed by atoms with Crippen molar-refractivity contribution in [1.29, 1.82) is 0 Å². The van der Waals surface area contributed by atoms with Crippen LogP contribution < -0.4 is 5.32 Å². The van der Waals surface area contributed by atoms with Gasteiger partial charge in [0.1, 0.15) is 11.9 Å². The molecule has 1 atom stereocenters. The molecule has 0 amide bonds. The van der Waals surface area contributed by atoms with Crippen LogP contribution in [0.15, 0.2) is 0 Å². The molecule has 0 aromatic carbocycles. The maximum absolute atomic E-state index is 5.58. The van der Waals surface area contributed by atoms with Gasteiger partial charge < -0.3 is 10.1 Å². The minimum absolute atomic E-state index is 0.0108. The van der Waals surface area contributed by atoms with E-state index in [4.69, 9.17) is 14.7 Å². The van der Waals surface area contributed by atoms with Gasteiger partial charge in [-0.3, -0.25) is 0 Å². The topological polar surface area (TPSA) is 47.0 Å². The minimum Gasteiger partial charge on any atom is -0.373 e. The number of aromatic nitrogens is 2. The van der Waals surface area contributed by atoms with Crippen LogP contribution in [0, 0.1) is 3.57 Å². The van der Waals surface area contributed by atoms with E-state index in [1.54, 1.807) is 7.11 Å². The zero-order chi connectivity index (χ0) is 14.5. The molecule has 2 rings (SSSR count). The normalized spacial score (nSPS) is 16.2. The summed E-state index contributed by atoms with van der Waals surface area (Å²) in [5.41, 5.74) is 1.22. The smallest absolute Gasteiger partial charge is 0.159 e. The Hall–Kier alpha value is -0.430. The summed E-state index contributed by atoms with van der Waals surface area (Å²) >= 11 is 2.38. The van der Waals surface area contributed by atoms with E-state index in [1.807, 2.05) is 0 Å². The van der Waals surface area contributed by atoms with E-state index >= 15 is 0 Å². The Morgan fingerprint density at radius 1 is 1.30 bits per heavy atom. The van der Waals surface area contributed by atoms with Crippen LogP contribution in [-0.4, -0.2) is 23.6 Å². The summed E-state index contributed by atoms with van der Waals surface area (Å²) in [6.45, 7) is 5.28. The molecule has 0 saturated heterocycles. The summed E-state index contributed by atoms with van der Waals surface area (Å²) in [6.07, 6.45) is 5.66. The van der Waals surface area contributed by atoms with Crippen LogP contribution in [0.4, 0.5) is 5.82 Å². The second-order valence-corrected chi connectivity index (χ2v) is 6.42.